The van der Waals surface area contributed by atoms with Gasteiger partial charge < -0.3 is 20.1 Å². The monoisotopic (exact) mass is 532 g/mol. The number of rotatable bonds is 12. The van der Waals surface area contributed by atoms with Gasteiger partial charge in [0, 0.05) is 11.4 Å². The van der Waals surface area contributed by atoms with Gasteiger partial charge in [0.2, 0.25) is 10.3 Å². The minimum atomic E-state index is 0.0923. The number of benzene rings is 2. The van der Waals surface area contributed by atoms with Crippen molar-refractivity contribution in [3.8, 4) is 11.5 Å². The number of hydrogen-bond donors (Lipinski definition) is 2. The Morgan fingerprint density at radius 3 is 1.53 bits per heavy atom. The maximum Gasteiger partial charge on any atom is 0.210 e. The minimum absolute atomic E-state index is 0.0923. The van der Waals surface area contributed by atoms with Crippen LogP contribution in [0.3, 0.4) is 0 Å². The number of aromatic nitrogens is 4. The fourth-order valence-corrected chi connectivity index (χ4v) is 5.95. The van der Waals surface area contributed by atoms with Crippen LogP contribution in [0.2, 0.25) is 0 Å². The Labute approximate surface area is 212 Å². The average molecular weight is 533 g/mol. The van der Waals surface area contributed by atoms with Crippen molar-refractivity contribution in [2.24, 2.45) is 0 Å². The maximum atomic E-state index is 12.3. The van der Waals surface area contributed by atoms with E-state index < -0.39 is 0 Å². The van der Waals surface area contributed by atoms with Crippen molar-refractivity contribution in [2.45, 2.75) is 8.68 Å². The van der Waals surface area contributed by atoms with Crippen molar-refractivity contribution in [1.29, 1.82) is 0 Å². The summed E-state index contributed by atoms with van der Waals surface area (Å²) in [5.41, 5.74) is 1.78. The molecule has 2 aromatic heterocycles. The fourth-order valence-electron chi connectivity index (χ4n) is 2.56. The Morgan fingerprint density at radius 2 is 1.15 bits per heavy atom. The van der Waals surface area contributed by atoms with Gasteiger partial charge >= 0.3 is 0 Å². The molecule has 0 aliphatic heterocycles. The molecule has 0 saturated heterocycles. The first-order valence-electron chi connectivity index (χ1n) is 9.88. The molecule has 0 radical (unpaired) electrons. The van der Waals surface area contributed by atoms with E-state index in [1.807, 2.05) is 48.5 Å². The van der Waals surface area contributed by atoms with Gasteiger partial charge in [0.25, 0.3) is 0 Å². The van der Waals surface area contributed by atoms with Gasteiger partial charge in [-0.05, 0) is 48.5 Å². The van der Waals surface area contributed by atoms with Crippen molar-refractivity contribution in [3.05, 3.63) is 48.5 Å². The summed E-state index contributed by atoms with van der Waals surface area (Å²) in [6, 6.07) is 15.1. The van der Waals surface area contributed by atoms with E-state index in [0.717, 1.165) is 31.6 Å². The van der Waals surface area contributed by atoms with Crippen LogP contribution in [0.15, 0.2) is 57.2 Å². The third kappa shape index (κ3) is 7.06. The molecule has 0 fully saturated rings. The highest BCUT2D eigenvalue weighted by Crippen LogP contribution is 2.30. The van der Waals surface area contributed by atoms with Crippen LogP contribution in [0.5, 0.6) is 11.5 Å². The first kappa shape index (κ1) is 24.3. The lowest BCUT2D eigenvalue weighted by Crippen LogP contribution is -2.04. The Kier molecular flexibility index (Phi) is 8.57. The SMILES string of the molecule is COc1ccc(Nc2nnc(SCC(=O)CSc3nnc(Nc4ccc(OC)cc4)s3)s2)cc1. The molecular formula is C21H20N6O3S4. The molecule has 0 bridgehead atoms. The Morgan fingerprint density at radius 1 is 0.735 bits per heavy atom. The number of ether oxygens (including phenoxy) is 2. The van der Waals surface area contributed by atoms with Gasteiger partial charge in [-0.2, -0.15) is 0 Å². The summed E-state index contributed by atoms with van der Waals surface area (Å²) in [6.07, 6.45) is 0. The predicted octanol–water partition coefficient (Wildman–Crippen LogP) is 5.35. The van der Waals surface area contributed by atoms with E-state index in [2.05, 4.69) is 31.0 Å². The lowest BCUT2D eigenvalue weighted by molar-refractivity contribution is -0.114. The molecule has 0 unspecified atom stereocenters. The number of carbonyl (C=O) groups is 1. The standard InChI is InChI=1S/C21H20N6O3S4/c1-29-16-7-3-13(4-8-16)22-18-24-26-20(33-18)31-11-15(28)12-32-21-27-25-19(34-21)23-14-5-9-17(30-2)10-6-14/h3-10H,11-12H2,1-2H3,(H,22,24)(H,23,25). The van der Waals surface area contributed by atoms with Crippen LogP contribution in [-0.2, 0) is 4.79 Å². The van der Waals surface area contributed by atoms with Crippen molar-refractivity contribution < 1.29 is 14.3 Å². The van der Waals surface area contributed by atoms with E-state index in [1.165, 1.54) is 46.2 Å². The van der Waals surface area contributed by atoms with Gasteiger partial charge in [0.15, 0.2) is 14.5 Å². The zero-order valence-electron chi connectivity index (χ0n) is 18.2. The molecule has 0 spiro atoms. The molecule has 0 aliphatic rings. The normalized spacial score (nSPS) is 10.6. The number of thioether (sulfide) groups is 2. The van der Waals surface area contributed by atoms with E-state index in [9.17, 15) is 4.79 Å². The van der Waals surface area contributed by atoms with Crippen LogP contribution in [-0.4, -0.2) is 51.9 Å². The number of nitrogens with one attached hydrogen (secondary N) is 2. The van der Waals surface area contributed by atoms with Crippen LogP contribution < -0.4 is 20.1 Å². The van der Waals surface area contributed by atoms with Crippen molar-refractivity contribution in [1.82, 2.24) is 20.4 Å². The summed E-state index contributed by atoms with van der Waals surface area (Å²) in [5, 5.41) is 24.3. The lowest BCUT2D eigenvalue weighted by Gasteiger charge is -2.03. The zero-order valence-corrected chi connectivity index (χ0v) is 21.4. The Balaban J connectivity index is 1.19. The van der Waals surface area contributed by atoms with E-state index in [4.69, 9.17) is 9.47 Å². The van der Waals surface area contributed by atoms with Crippen molar-refractivity contribution >= 4 is 73.6 Å². The molecule has 2 heterocycles. The van der Waals surface area contributed by atoms with Gasteiger partial charge in [0.1, 0.15) is 11.5 Å². The van der Waals surface area contributed by atoms with Crippen molar-refractivity contribution in [3.63, 3.8) is 0 Å². The van der Waals surface area contributed by atoms with Crippen LogP contribution in [0.1, 0.15) is 0 Å². The second-order valence-corrected chi connectivity index (χ2v) is 11.0. The van der Waals surface area contributed by atoms with Crippen LogP contribution in [0, 0.1) is 0 Å². The largest absolute Gasteiger partial charge is 0.497 e. The van der Waals surface area contributed by atoms with Crippen molar-refractivity contribution in [2.75, 3.05) is 36.4 Å². The first-order chi connectivity index (χ1) is 16.6. The van der Waals surface area contributed by atoms with Gasteiger partial charge in [-0.3, -0.25) is 4.79 Å². The number of anilines is 4. The average Bonchev–Trinajstić information content (AvgIpc) is 3.51. The topological polar surface area (TPSA) is 111 Å². The van der Waals surface area contributed by atoms with Gasteiger partial charge in [0.05, 0.1) is 25.7 Å². The molecule has 0 saturated carbocycles. The van der Waals surface area contributed by atoms with E-state index in [-0.39, 0.29) is 5.78 Å². The highest BCUT2D eigenvalue weighted by atomic mass is 32.2. The molecule has 34 heavy (non-hydrogen) atoms. The summed E-state index contributed by atoms with van der Waals surface area (Å²) in [7, 11) is 3.26. The number of ketones is 1. The van der Waals surface area contributed by atoms with Gasteiger partial charge in [-0.1, -0.05) is 46.2 Å². The van der Waals surface area contributed by atoms with E-state index >= 15 is 0 Å². The molecule has 13 heteroatoms. The molecule has 0 atom stereocenters. The van der Waals surface area contributed by atoms with Crippen LogP contribution >= 0.6 is 46.2 Å². The first-order valence-corrected chi connectivity index (χ1v) is 13.5. The van der Waals surface area contributed by atoms with Crippen LogP contribution in [0.4, 0.5) is 21.6 Å². The minimum Gasteiger partial charge on any atom is -0.497 e. The number of methoxy groups -OCH3 is 2. The summed E-state index contributed by atoms with van der Waals surface area (Å²) >= 11 is 5.56. The molecule has 0 aliphatic carbocycles. The third-order valence-electron chi connectivity index (χ3n) is 4.21. The highest BCUT2D eigenvalue weighted by Gasteiger charge is 2.12. The van der Waals surface area contributed by atoms with E-state index in [0.29, 0.717) is 21.8 Å². The summed E-state index contributed by atoms with van der Waals surface area (Å²) in [5.74, 6) is 2.30. The third-order valence-corrected chi connectivity index (χ3v) is 8.27. The Hall–Kier alpha value is -2.87. The molecular weight excluding hydrogens is 513 g/mol. The highest BCUT2D eigenvalue weighted by molar-refractivity contribution is 8.03. The van der Waals surface area contributed by atoms with E-state index in [1.54, 1.807) is 14.2 Å². The molecule has 0 amide bonds. The number of nitrogens with zero attached hydrogens (tertiary/aromatic N) is 4. The Bertz CT molecular complexity index is 1120. The summed E-state index contributed by atoms with van der Waals surface area (Å²) in [4.78, 5) is 12.3. The quantitative estimate of drug-likeness (QED) is 0.230. The maximum absolute atomic E-state index is 12.3. The zero-order chi connectivity index (χ0) is 23.8. The number of carbonyl (C=O) groups excluding carboxylic acids is 1. The molecule has 4 aromatic rings. The second-order valence-electron chi connectivity index (χ2n) is 6.57. The van der Waals surface area contributed by atoms with Gasteiger partial charge in [-0.25, -0.2) is 0 Å². The molecule has 4 rings (SSSR count). The predicted molar refractivity (Wildman–Crippen MR) is 139 cm³/mol. The molecule has 9 nitrogen and oxygen atoms in total. The smallest absolute Gasteiger partial charge is 0.210 e. The molecule has 2 aromatic carbocycles. The fraction of sp³-hybridized carbons (Fsp3) is 0.190. The summed E-state index contributed by atoms with van der Waals surface area (Å²) in [6.45, 7) is 0. The van der Waals surface area contributed by atoms with Gasteiger partial charge in [-0.15, -0.1) is 20.4 Å². The lowest BCUT2D eigenvalue weighted by atomic mass is 10.3. The van der Waals surface area contributed by atoms with Crippen LogP contribution in [0.25, 0.3) is 0 Å². The molecule has 2 N–H and O–H groups in total. The molecule has 176 valence electrons. The number of hydrogen-bond acceptors (Lipinski definition) is 13. The second kappa shape index (κ2) is 12.0. The summed E-state index contributed by atoms with van der Waals surface area (Å²) < 4.78 is 11.8. The number of Topliss-reactive ketones (excluding diaryl/α,β-unsaturated/α-hetero) is 1.